The summed E-state index contributed by atoms with van der Waals surface area (Å²) in [6.45, 7) is 0.0305. The van der Waals surface area contributed by atoms with E-state index in [1.807, 2.05) is 0 Å². The van der Waals surface area contributed by atoms with Crippen molar-refractivity contribution < 1.29 is 25.3 Å². The van der Waals surface area contributed by atoms with Gasteiger partial charge >= 0.3 is 0 Å². The molecule has 2 aromatic rings. The van der Waals surface area contributed by atoms with Crippen molar-refractivity contribution in [1.29, 1.82) is 0 Å². The van der Waals surface area contributed by atoms with Crippen LogP contribution in [0.1, 0.15) is 12.0 Å². The highest BCUT2D eigenvalue weighted by molar-refractivity contribution is 7.96. The Hall–Kier alpha value is -1.82. The third-order valence-corrected chi connectivity index (χ3v) is 9.86. The smallest absolute Gasteiger partial charge is 0.240 e. The van der Waals surface area contributed by atoms with Crippen LogP contribution in [0.15, 0.2) is 58.6 Å². The summed E-state index contributed by atoms with van der Waals surface area (Å²) < 4.78 is 76.0. The predicted molar refractivity (Wildman–Crippen MR) is 98.9 cm³/mol. The topological polar surface area (TPSA) is 127 Å². The molecule has 1 atom stereocenters. The standard InChI is InChI=1S/C16H18N2O6S3/c19-25(20)9-6-16(12-25)26(21,22)14-2-1-3-15(10-14)27(23,24)18-11-13-4-7-17-8-5-13/h1-5,7-8,10,16,18H,6,9,11-12H2/t16-/m0/s1. The minimum absolute atomic E-state index is 0.0158. The van der Waals surface area contributed by atoms with Crippen LogP contribution in [0.25, 0.3) is 0 Å². The number of nitrogens with one attached hydrogen (secondary N) is 1. The molecule has 3 rings (SSSR count). The molecule has 0 unspecified atom stereocenters. The molecule has 1 aliphatic heterocycles. The number of aromatic nitrogens is 1. The van der Waals surface area contributed by atoms with Crippen LogP contribution in [0.4, 0.5) is 0 Å². The number of sulfone groups is 2. The molecule has 0 bridgehead atoms. The fourth-order valence-corrected chi connectivity index (χ4v) is 8.32. The lowest BCUT2D eigenvalue weighted by Gasteiger charge is -2.12. The van der Waals surface area contributed by atoms with Crippen LogP contribution in [-0.2, 0) is 36.2 Å². The highest BCUT2D eigenvalue weighted by Crippen LogP contribution is 2.26. The lowest BCUT2D eigenvalue weighted by atomic mass is 10.3. The van der Waals surface area contributed by atoms with Crippen molar-refractivity contribution in [3.8, 4) is 0 Å². The van der Waals surface area contributed by atoms with E-state index in [-0.39, 0.29) is 28.5 Å². The predicted octanol–water partition coefficient (Wildman–Crippen LogP) is 0.521. The van der Waals surface area contributed by atoms with E-state index in [0.29, 0.717) is 5.56 Å². The molecule has 1 fully saturated rings. The SMILES string of the molecule is O=S1(=O)CC[C@H](S(=O)(=O)c2cccc(S(=O)(=O)NCc3ccncc3)c2)C1. The van der Waals surface area contributed by atoms with E-state index < -0.39 is 40.7 Å². The van der Waals surface area contributed by atoms with Gasteiger partial charge in [-0.15, -0.1) is 0 Å². The van der Waals surface area contributed by atoms with E-state index in [9.17, 15) is 25.3 Å². The van der Waals surface area contributed by atoms with Crippen molar-refractivity contribution in [1.82, 2.24) is 9.71 Å². The van der Waals surface area contributed by atoms with Crippen LogP contribution in [0, 0.1) is 0 Å². The van der Waals surface area contributed by atoms with Crippen molar-refractivity contribution in [2.75, 3.05) is 11.5 Å². The quantitative estimate of drug-likeness (QED) is 0.708. The zero-order valence-corrected chi connectivity index (χ0v) is 16.6. The molecule has 11 heteroatoms. The number of hydrogen-bond acceptors (Lipinski definition) is 7. The molecule has 0 spiro atoms. The number of benzene rings is 1. The van der Waals surface area contributed by atoms with Crippen molar-refractivity contribution in [3.63, 3.8) is 0 Å². The maximum absolute atomic E-state index is 12.7. The normalized spacial score (nSPS) is 19.8. The van der Waals surface area contributed by atoms with Gasteiger partial charge in [0.1, 0.15) is 0 Å². The van der Waals surface area contributed by atoms with Gasteiger partial charge in [-0.2, -0.15) is 0 Å². The van der Waals surface area contributed by atoms with Crippen LogP contribution in [0.2, 0.25) is 0 Å². The van der Waals surface area contributed by atoms with Gasteiger partial charge in [0, 0.05) is 18.9 Å². The summed E-state index contributed by atoms with van der Waals surface area (Å²) >= 11 is 0. The Morgan fingerprint density at radius 1 is 1.04 bits per heavy atom. The second kappa shape index (κ2) is 7.30. The molecular weight excluding hydrogens is 412 g/mol. The van der Waals surface area contributed by atoms with E-state index in [2.05, 4.69) is 9.71 Å². The minimum atomic E-state index is -3.94. The van der Waals surface area contributed by atoms with Gasteiger partial charge in [-0.05, 0) is 42.3 Å². The Morgan fingerprint density at radius 2 is 1.70 bits per heavy atom. The first-order valence-electron chi connectivity index (χ1n) is 8.03. The first-order valence-corrected chi connectivity index (χ1v) is 12.9. The van der Waals surface area contributed by atoms with Gasteiger partial charge < -0.3 is 0 Å². The molecule has 8 nitrogen and oxygen atoms in total. The summed E-state index contributed by atoms with van der Waals surface area (Å²) in [7, 11) is -11.3. The molecule has 0 radical (unpaired) electrons. The van der Waals surface area contributed by atoms with E-state index >= 15 is 0 Å². The second-order valence-corrected chi connectivity index (χ2v) is 12.4. The van der Waals surface area contributed by atoms with Gasteiger partial charge in [0.25, 0.3) is 0 Å². The Labute approximate surface area is 158 Å². The van der Waals surface area contributed by atoms with Crippen LogP contribution in [-0.4, -0.2) is 47.0 Å². The molecule has 0 saturated carbocycles. The summed E-state index contributed by atoms with van der Waals surface area (Å²) in [4.78, 5) is 3.45. The summed E-state index contributed by atoms with van der Waals surface area (Å²) in [5.41, 5.74) is 0.702. The van der Waals surface area contributed by atoms with E-state index in [4.69, 9.17) is 0 Å². The van der Waals surface area contributed by atoms with Gasteiger partial charge in [0.2, 0.25) is 10.0 Å². The molecule has 0 amide bonds. The molecule has 27 heavy (non-hydrogen) atoms. The van der Waals surface area contributed by atoms with Gasteiger partial charge in [0.05, 0.1) is 26.5 Å². The zero-order valence-electron chi connectivity index (χ0n) is 14.1. The highest BCUT2D eigenvalue weighted by Gasteiger charge is 2.38. The molecule has 1 aliphatic rings. The van der Waals surface area contributed by atoms with Crippen LogP contribution in [0.5, 0.6) is 0 Å². The summed E-state index contributed by atoms with van der Waals surface area (Å²) in [5, 5.41) is -1.05. The number of rotatable bonds is 6. The zero-order chi connectivity index (χ0) is 19.7. The van der Waals surface area contributed by atoms with Crippen molar-refractivity contribution in [2.24, 2.45) is 0 Å². The Kier molecular flexibility index (Phi) is 5.39. The maximum atomic E-state index is 12.7. The number of hydrogen-bond donors (Lipinski definition) is 1. The fraction of sp³-hybridized carbons (Fsp3) is 0.312. The molecule has 1 saturated heterocycles. The van der Waals surface area contributed by atoms with Gasteiger partial charge in [-0.25, -0.2) is 30.0 Å². The molecule has 1 aromatic heterocycles. The minimum Gasteiger partial charge on any atom is -0.265 e. The van der Waals surface area contributed by atoms with Gasteiger partial charge in [-0.1, -0.05) is 6.07 Å². The Bertz CT molecular complexity index is 1140. The lowest BCUT2D eigenvalue weighted by molar-refractivity contribution is 0.579. The highest BCUT2D eigenvalue weighted by atomic mass is 32.2. The Morgan fingerprint density at radius 3 is 2.33 bits per heavy atom. The molecule has 146 valence electrons. The number of nitrogens with zero attached hydrogens (tertiary/aromatic N) is 1. The molecular formula is C16H18N2O6S3. The second-order valence-electron chi connectivity index (χ2n) is 6.22. The van der Waals surface area contributed by atoms with Gasteiger partial charge in [-0.3, -0.25) is 4.98 Å². The van der Waals surface area contributed by atoms with E-state index in [1.165, 1.54) is 30.6 Å². The molecule has 1 aromatic carbocycles. The average Bonchev–Trinajstić information content (AvgIpc) is 3.02. The summed E-state index contributed by atoms with van der Waals surface area (Å²) in [5.74, 6) is -0.616. The fourth-order valence-electron chi connectivity index (χ4n) is 2.78. The largest absolute Gasteiger partial charge is 0.265 e. The van der Waals surface area contributed by atoms with Crippen LogP contribution in [0.3, 0.4) is 0 Å². The molecule has 1 N–H and O–H groups in total. The number of pyridine rings is 1. The molecule has 2 heterocycles. The average molecular weight is 431 g/mol. The maximum Gasteiger partial charge on any atom is 0.240 e. The van der Waals surface area contributed by atoms with E-state index in [0.717, 1.165) is 6.07 Å². The first kappa shape index (κ1) is 19.9. The monoisotopic (exact) mass is 430 g/mol. The molecule has 0 aliphatic carbocycles. The van der Waals surface area contributed by atoms with Crippen LogP contribution < -0.4 is 4.72 Å². The van der Waals surface area contributed by atoms with Crippen molar-refractivity contribution >= 4 is 29.7 Å². The van der Waals surface area contributed by atoms with Gasteiger partial charge in [0.15, 0.2) is 19.7 Å². The summed E-state index contributed by atoms with van der Waals surface area (Å²) in [6.07, 6.45) is 3.08. The van der Waals surface area contributed by atoms with E-state index in [1.54, 1.807) is 12.1 Å². The Balaban J connectivity index is 1.84. The number of sulfonamides is 1. The van der Waals surface area contributed by atoms with Crippen molar-refractivity contribution in [3.05, 3.63) is 54.4 Å². The third kappa shape index (κ3) is 4.54. The first-order chi connectivity index (χ1) is 12.6. The lowest BCUT2D eigenvalue weighted by Crippen LogP contribution is -2.25. The third-order valence-electron chi connectivity index (χ3n) is 4.29. The summed E-state index contributed by atoms with van der Waals surface area (Å²) in [6, 6.07) is 8.28. The van der Waals surface area contributed by atoms with Crippen molar-refractivity contribution in [2.45, 2.75) is 28.0 Å². The van der Waals surface area contributed by atoms with Crippen LogP contribution >= 0.6 is 0 Å².